The summed E-state index contributed by atoms with van der Waals surface area (Å²) < 4.78 is 13.7. The smallest absolute Gasteiger partial charge is 0.127 e. The molecule has 5 rings (SSSR count). The van der Waals surface area contributed by atoms with Crippen molar-refractivity contribution in [2.45, 2.75) is 43.9 Å². The quantitative estimate of drug-likeness (QED) is 0.535. The SMILES string of the molecule is Cc1cc(C(Br)C2C3CC4CC(C3)CC2C4)c(Cl)cc1F. The van der Waals surface area contributed by atoms with Crippen LogP contribution in [0.3, 0.4) is 0 Å². The van der Waals surface area contributed by atoms with Gasteiger partial charge in [0, 0.05) is 9.85 Å². The first kappa shape index (κ1) is 14.5. The molecule has 21 heavy (non-hydrogen) atoms. The average Bonchev–Trinajstić information content (AvgIpc) is 2.41. The van der Waals surface area contributed by atoms with E-state index in [9.17, 15) is 4.39 Å². The molecule has 4 fully saturated rings. The summed E-state index contributed by atoms with van der Waals surface area (Å²) in [5.41, 5.74) is 1.79. The fourth-order valence-corrected chi connectivity index (χ4v) is 7.19. The lowest BCUT2D eigenvalue weighted by Crippen LogP contribution is -2.46. The Morgan fingerprint density at radius 3 is 2.24 bits per heavy atom. The van der Waals surface area contributed by atoms with E-state index in [1.165, 1.54) is 38.2 Å². The Labute approximate surface area is 139 Å². The summed E-state index contributed by atoms with van der Waals surface area (Å²) in [6.07, 6.45) is 7.08. The summed E-state index contributed by atoms with van der Waals surface area (Å²) in [5, 5.41) is 0.578. The van der Waals surface area contributed by atoms with Gasteiger partial charge in [-0.05, 0) is 85.8 Å². The highest BCUT2D eigenvalue weighted by molar-refractivity contribution is 9.09. The summed E-state index contributed by atoms with van der Waals surface area (Å²) in [4.78, 5) is 0.277. The van der Waals surface area contributed by atoms with Crippen LogP contribution in [0.25, 0.3) is 0 Å². The van der Waals surface area contributed by atoms with E-state index in [1.807, 2.05) is 13.0 Å². The maximum atomic E-state index is 13.7. The van der Waals surface area contributed by atoms with Crippen molar-refractivity contribution in [3.8, 4) is 0 Å². The van der Waals surface area contributed by atoms with Gasteiger partial charge in [-0.1, -0.05) is 33.6 Å². The molecule has 1 aromatic rings. The Balaban J connectivity index is 1.66. The van der Waals surface area contributed by atoms with Crippen LogP contribution in [0.4, 0.5) is 4.39 Å². The molecule has 1 unspecified atom stereocenters. The molecule has 0 nitrogen and oxygen atoms in total. The van der Waals surface area contributed by atoms with Crippen molar-refractivity contribution in [1.82, 2.24) is 0 Å². The van der Waals surface area contributed by atoms with Crippen LogP contribution in [0, 0.1) is 42.3 Å². The minimum atomic E-state index is -0.200. The zero-order valence-corrected chi connectivity index (χ0v) is 14.6. The van der Waals surface area contributed by atoms with E-state index >= 15 is 0 Å². The fourth-order valence-electron chi connectivity index (χ4n) is 5.54. The fraction of sp³-hybridized carbons (Fsp3) is 0.667. The Kier molecular flexibility index (Phi) is 3.61. The maximum absolute atomic E-state index is 13.7. The van der Waals surface area contributed by atoms with Crippen molar-refractivity contribution >= 4 is 27.5 Å². The van der Waals surface area contributed by atoms with Gasteiger partial charge in [-0.2, -0.15) is 0 Å². The van der Waals surface area contributed by atoms with Gasteiger partial charge < -0.3 is 0 Å². The molecule has 4 saturated carbocycles. The standard InChI is InChI=1S/C18H21BrClF/c1-9-2-14(15(20)8-16(9)21)18(19)17-12-4-10-3-11(6-12)7-13(17)5-10/h2,8,10-13,17-18H,3-7H2,1H3. The summed E-state index contributed by atoms with van der Waals surface area (Å²) in [6.45, 7) is 1.83. The van der Waals surface area contributed by atoms with E-state index in [4.69, 9.17) is 11.6 Å². The maximum Gasteiger partial charge on any atom is 0.127 e. The van der Waals surface area contributed by atoms with Crippen LogP contribution in [0.15, 0.2) is 12.1 Å². The molecule has 0 amide bonds. The Morgan fingerprint density at radius 1 is 1.10 bits per heavy atom. The van der Waals surface area contributed by atoms with E-state index in [0.29, 0.717) is 16.5 Å². The van der Waals surface area contributed by atoms with Crippen LogP contribution < -0.4 is 0 Å². The van der Waals surface area contributed by atoms with E-state index in [1.54, 1.807) is 0 Å². The van der Waals surface area contributed by atoms with Gasteiger partial charge in [0.15, 0.2) is 0 Å². The Bertz CT molecular complexity index is 543. The lowest BCUT2D eigenvalue weighted by atomic mass is 9.51. The summed E-state index contributed by atoms with van der Waals surface area (Å²) in [7, 11) is 0. The van der Waals surface area contributed by atoms with Gasteiger partial charge in [0.25, 0.3) is 0 Å². The van der Waals surface area contributed by atoms with Gasteiger partial charge in [0.2, 0.25) is 0 Å². The molecule has 0 aliphatic heterocycles. The normalized spacial score (nSPS) is 38.8. The van der Waals surface area contributed by atoms with E-state index in [0.717, 1.165) is 29.2 Å². The van der Waals surface area contributed by atoms with Crippen LogP contribution in [0.5, 0.6) is 0 Å². The molecule has 114 valence electrons. The molecular formula is C18H21BrClF. The van der Waals surface area contributed by atoms with Gasteiger partial charge in [0.05, 0.1) is 0 Å². The highest BCUT2D eigenvalue weighted by Gasteiger charge is 2.50. The molecule has 3 heteroatoms. The van der Waals surface area contributed by atoms with E-state index < -0.39 is 0 Å². The molecule has 4 aliphatic carbocycles. The largest absolute Gasteiger partial charge is 0.207 e. The molecule has 0 spiro atoms. The van der Waals surface area contributed by atoms with Crippen molar-refractivity contribution in [2.75, 3.05) is 0 Å². The summed E-state index contributed by atoms with van der Waals surface area (Å²) in [5.74, 6) is 4.12. The van der Waals surface area contributed by atoms with Crippen LogP contribution >= 0.6 is 27.5 Å². The third-order valence-electron chi connectivity index (χ3n) is 6.21. The number of benzene rings is 1. The Morgan fingerprint density at radius 2 is 1.67 bits per heavy atom. The first-order chi connectivity index (χ1) is 10.0. The third-order valence-corrected chi connectivity index (χ3v) is 7.64. The number of alkyl halides is 1. The predicted molar refractivity (Wildman–Crippen MR) is 88.4 cm³/mol. The van der Waals surface area contributed by atoms with Gasteiger partial charge in [-0.15, -0.1) is 0 Å². The van der Waals surface area contributed by atoms with E-state index in [2.05, 4.69) is 15.9 Å². The third kappa shape index (κ3) is 2.37. The van der Waals surface area contributed by atoms with Crippen LogP contribution in [-0.2, 0) is 0 Å². The average molecular weight is 372 g/mol. The predicted octanol–water partition coefficient (Wildman–Crippen LogP) is 6.30. The van der Waals surface area contributed by atoms with Gasteiger partial charge in [0.1, 0.15) is 5.82 Å². The molecule has 4 bridgehead atoms. The second-order valence-corrected chi connectivity index (χ2v) is 8.93. The number of aryl methyl sites for hydroxylation is 1. The number of halogens is 3. The van der Waals surface area contributed by atoms with Gasteiger partial charge in [-0.25, -0.2) is 4.39 Å². The first-order valence-electron chi connectivity index (χ1n) is 8.12. The lowest BCUT2D eigenvalue weighted by Gasteiger charge is -2.55. The highest BCUT2D eigenvalue weighted by Crippen LogP contribution is 2.61. The zero-order valence-electron chi connectivity index (χ0n) is 12.3. The Hall–Kier alpha value is -0.0800. The number of rotatable bonds is 2. The van der Waals surface area contributed by atoms with E-state index in [-0.39, 0.29) is 10.6 Å². The lowest BCUT2D eigenvalue weighted by molar-refractivity contribution is -0.0364. The number of hydrogen-bond acceptors (Lipinski definition) is 0. The minimum Gasteiger partial charge on any atom is -0.207 e. The van der Waals surface area contributed by atoms with Gasteiger partial charge >= 0.3 is 0 Å². The monoisotopic (exact) mass is 370 g/mol. The first-order valence-corrected chi connectivity index (χ1v) is 9.42. The topological polar surface area (TPSA) is 0 Å². The summed E-state index contributed by atoms with van der Waals surface area (Å²) in [6, 6.07) is 3.43. The molecule has 0 heterocycles. The highest BCUT2D eigenvalue weighted by atomic mass is 79.9. The number of hydrogen-bond donors (Lipinski definition) is 0. The minimum absolute atomic E-state index is 0.200. The van der Waals surface area contributed by atoms with Crippen LogP contribution in [0.2, 0.25) is 5.02 Å². The van der Waals surface area contributed by atoms with Crippen molar-refractivity contribution < 1.29 is 4.39 Å². The van der Waals surface area contributed by atoms with Crippen molar-refractivity contribution in [1.29, 1.82) is 0 Å². The molecule has 0 saturated heterocycles. The zero-order chi connectivity index (χ0) is 14.7. The second kappa shape index (κ2) is 5.23. The molecule has 0 aromatic heterocycles. The molecule has 0 N–H and O–H groups in total. The van der Waals surface area contributed by atoms with Crippen molar-refractivity contribution in [3.63, 3.8) is 0 Å². The van der Waals surface area contributed by atoms with Crippen LogP contribution in [-0.4, -0.2) is 0 Å². The molecule has 0 radical (unpaired) electrons. The van der Waals surface area contributed by atoms with Crippen molar-refractivity contribution in [2.24, 2.45) is 29.6 Å². The molecular weight excluding hydrogens is 351 g/mol. The van der Waals surface area contributed by atoms with Gasteiger partial charge in [-0.3, -0.25) is 0 Å². The second-order valence-electron chi connectivity index (χ2n) is 7.53. The molecule has 4 aliphatic rings. The van der Waals surface area contributed by atoms with Crippen LogP contribution in [0.1, 0.15) is 48.1 Å². The summed E-state index contributed by atoms with van der Waals surface area (Å²) >= 11 is 10.3. The molecule has 1 aromatic carbocycles. The van der Waals surface area contributed by atoms with Crippen molar-refractivity contribution in [3.05, 3.63) is 34.1 Å². The molecule has 1 atom stereocenters.